The van der Waals surface area contributed by atoms with Gasteiger partial charge in [0.25, 0.3) is 5.91 Å². The smallest absolute Gasteiger partial charge is 0.251 e. The van der Waals surface area contributed by atoms with Crippen LogP contribution in [0.5, 0.6) is 5.75 Å². The summed E-state index contributed by atoms with van der Waals surface area (Å²) in [5, 5.41) is 10.6. The lowest BCUT2D eigenvalue weighted by molar-refractivity contribution is 0.0954. The van der Waals surface area contributed by atoms with Crippen LogP contribution in [0, 0.1) is 0 Å². The summed E-state index contributed by atoms with van der Waals surface area (Å²) < 4.78 is 7.02. The number of likely N-dealkylation sites (tertiary alicyclic amines) is 1. The Morgan fingerprint density at radius 2 is 2.24 bits per heavy atom. The van der Waals surface area contributed by atoms with E-state index in [-0.39, 0.29) is 5.91 Å². The molecule has 1 amide bonds. The molecular formula is C21H30N6O2. The van der Waals surface area contributed by atoms with Gasteiger partial charge in [0.05, 0.1) is 19.9 Å². The number of hydrogen-bond acceptors (Lipinski definition) is 4. The van der Waals surface area contributed by atoms with Crippen molar-refractivity contribution < 1.29 is 9.53 Å². The Kier molecular flexibility index (Phi) is 7.10. The molecule has 1 aromatic heterocycles. The van der Waals surface area contributed by atoms with Crippen LogP contribution in [0.25, 0.3) is 0 Å². The molecule has 1 atom stereocenters. The van der Waals surface area contributed by atoms with Crippen molar-refractivity contribution in [1.29, 1.82) is 0 Å². The van der Waals surface area contributed by atoms with E-state index in [0.29, 0.717) is 30.3 Å². The summed E-state index contributed by atoms with van der Waals surface area (Å²) >= 11 is 0. The van der Waals surface area contributed by atoms with E-state index in [9.17, 15) is 4.79 Å². The first kappa shape index (κ1) is 20.7. The molecule has 1 saturated heterocycles. The summed E-state index contributed by atoms with van der Waals surface area (Å²) in [5.74, 6) is 1.92. The Bertz CT molecular complexity index is 847. The van der Waals surface area contributed by atoms with E-state index in [2.05, 4.69) is 33.8 Å². The molecule has 8 heteroatoms. The molecule has 156 valence electrons. The van der Waals surface area contributed by atoms with Crippen LogP contribution in [0.3, 0.4) is 0 Å². The monoisotopic (exact) mass is 398 g/mol. The van der Waals surface area contributed by atoms with E-state index in [0.717, 1.165) is 32.0 Å². The van der Waals surface area contributed by atoms with Gasteiger partial charge in [-0.2, -0.15) is 5.10 Å². The van der Waals surface area contributed by atoms with E-state index < -0.39 is 0 Å². The highest BCUT2D eigenvalue weighted by atomic mass is 16.5. The average Bonchev–Trinajstić information content (AvgIpc) is 3.39. The lowest BCUT2D eigenvalue weighted by Gasteiger charge is -2.21. The van der Waals surface area contributed by atoms with E-state index in [1.165, 1.54) is 5.56 Å². The SMILES string of the molecule is CCNC(=NCCNC(=O)c1cccc(OC)c1)N1CCC(c2cnn(C)c2)C1. The summed E-state index contributed by atoms with van der Waals surface area (Å²) in [6.45, 7) is 5.75. The molecule has 2 N–H and O–H groups in total. The predicted molar refractivity (Wildman–Crippen MR) is 113 cm³/mol. The third-order valence-electron chi connectivity index (χ3n) is 5.01. The van der Waals surface area contributed by atoms with Gasteiger partial charge in [-0.25, -0.2) is 0 Å². The first-order chi connectivity index (χ1) is 14.1. The van der Waals surface area contributed by atoms with E-state index in [4.69, 9.17) is 9.73 Å². The fraction of sp³-hybridized carbons (Fsp3) is 0.476. The predicted octanol–water partition coefficient (Wildman–Crippen LogP) is 1.61. The minimum absolute atomic E-state index is 0.123. The van der Waals surface area contributed by atoms with E-state index in [1.807, 2.05) is 24.0 Å². The first-order valence-electron chi connectivity index (χ1n) is 10.0. The van der Waals surface area contributed by atoms with Gasteiger partial charge in [-0.1, -0.05) is 6.07 Å². The Balaban J connectivity index is 1.52. The number of aryl methyl sites for hydroxylation is 1. The number of ether oxygens (including phenoxy) is 1. The van der Waals surface area contributed by atoms with Crippen molar-refractivity contribution >= 4 is 11.9 Å². The van der Waals surface area contributed by atoms with Crippen LogP contribution in [0.15, 0.2) is 41.7 Å². The second-order valence-electron chi connectivity index (χ2n) is 7.10. The topological polar surface area (TPSA) is 83.8 Å². The van der Waals surface area contributed by atoms with Gasteiger partial charge in [-0.3, -0.25) is 14.5 Å². The van der Waals surface area contributed by atoms with Crippen molar-refractivity contribution in [3.63, 3.8) is 0 Å². The molecule has 29 heavy (non-hydrogen) atoms. The van der Waals surface area contributed by atoms with Crippen LogP contribution >= 0.6 is 0 Å². The number of benzene rings is 1. The Labute approximate surface area is 171 Å². The minimum atomic E-state index is -0.123. The molecule has 8 nitrogen and oxygen atoms in total. The standard InChI is InChI=1S/C21H30N6O2/c1-4-22-21(27-11-8-17(15-27)18-13-25-26(2)14-18)24-10-9-23-20(28)16-6-5-7-19(12-16)29-3/h5-7,12-14,17H,4,8-11,15H2,1-3H3,(H,22,24)(H,23,28). The summed E-state index contributed by atoms with van der Waals surface area (Å²) in [4.78, 5) is 19.3. The summed E-state index contributed by atoms with van der Waals surface area (Å²) in [5.41, 5.74) is 1.86. The largest absolute Gasteiger partial charge is 0.497 e. The average molecular weight is 399 g/mol. The van der Waals surface area contributed by atoms with Crippen molar-refractivity contribution in [2.45, 2.75) is 19.3 Å². The Hall–Kier alpha value is -3.03. The Morgan fingerprint density at radius 3 is 2.97 bits per heavy atom. The van der Waals surface area contributed by atoms with Crippen molar-refractivity contribution in [1.82, 2.24) is 25.3 Å². The highest BCUT2D eigenvalue weighted by Crippen LogP contribution is 2.26. The number of nitrogens with zero attached hydrogens (tertiary/aromatic N) is 4. The molecule has 2 heterocycles. The molecule has 0 saturated carbocycles. The fourth-order valence-corrected chi connectivity index (χ4v) is 3.50. The number of aromatic nitrogens is 2. The molecule has 1 fully saturated rings. The summed E-state index contributed by atoms with van der Waals surface area (Å²) in [7, 11) is 3.53. The summed E-state index contributed by atoms with van der Waals surface area (Å²) in [6.07, 6.45) is 5.13. The number of aliphatic imine (C=N–C) groups is 1. The maximum Gasteiger partial charge on any atom is 0.251 e. The highest BCUT2D eigenvalue weighted by molar-refractivity contribution is 5.94. The third kappa shape index (κ3) is 5.49. The van der Waals surface area contributed by atoms with Crippen LogP contribution in [0.1, 0.15) is 35.2 Å². The molecule has 1 aromatic carbocycles. The highest BCUT2D eigenvalue weighted by Gasteiger charge is 2.26. The molecule has 0 radical (unpaired) electrons. The Morgan fingerprint density at radius 1 is 1.38 bits per heavy atom. The van der Waals surface area contributed by atoms with Gasteiger partial charge in [0, 0.05) is 50.9 Å². The zero-order valence-electron chi connectivity index (χ0n) is 17.4. The molecule has 0 bridgehead atoms. The normalized spacial score (nSPS) is 16.7. The molecule has 3 rings (SSSR count). The third-order valence-corrected chi connectivity index (χ3v) is 5.01. The second-order valence-corrected chi connectivity index (χ2v) is 7.10. The van der Waals surface area contributed by atoms with Crippen molar-refractivity contribution in [3.05, 3.63) is 47.8 Å². The first-order valence-corrected chi connectivity index (χ1v) is 10.0. The van der Waals surface area contributed by atoms with Gasteiger partial charge in [0.1, 0.15) is 5.75 Å². The van der Waals surface area contributed by atoms with E-state index in [1.54, 1.807) is 25.3 Å². The van der Waals surface area contributed by atoms with Gasteiger partial charge in [-0.05, 0) is 37.1 Å². The molecule has 1 unspecified atom stereocenters. The van der Waals surface area contributed by atoms with Gasteiger partial charge in [0.15, 0.2) is 5.96 Å². The lowest BCUT2D eigenvalue weighted by atomic mass is 10.0. The van der Waals surface area contributed by atoms with Gasteiger partial charge < -0.3 is 20.3 Å². The fourth-order valence-electron chi connectivity index (χ4n) is 3.50. The zero-order valence-corrected chi connectivity index (χ0v) is 17.4. The summed E-state index contributed by atoms with van der Waals surface area (Å²) in [6, 6.07) is 7.12. The number of guanidine groups is 1. The van der Waals surface area contributed by atoms with Gasteiger partial charge >= 0.3 is 0 Å². The van der Waals surface area contributed by atoms with Crippen LogP contribution in [-0.2, 0) is 7.05 Å². The number of methoxy groups -OCH3 is 1. The molecule has 2 aromatic rings. The molecule has 0 aliphatic carbocycles. The molecule has 1 aliphatic heterocycles. The van der Waals surface area contributed by atoms with Crippen molar-refractivity contribution in [2.24, 2.45) is 12.0 Å². The minimum Gasteiger partial charge on any atom is -0.497 e. The molecular weight excluding hydrogens is 368 g/mol. The molecule has 1 aliphatic rings. The number of carbonyl (C=O) groups excluding carboxylic acids is 1. The van der Waals surface area contributed by atoms with Gasteiger partial charge in [-0.15, -0.1) is 0 Å². The zero-order chi connectivity index (χ0) is 20.6. The number of carbonyl (C=O) groups is 1. The maximum absolute atomic E-state index is 12.3. The van der Waals surface area contributed by atoms with Crippen LogP contribution in [0.2, 0.25) is 0 Å². The number of amides is 1. The lowest BCUT2D eigenvalue weighted by Crippen LogP contribution is -2.40. The quantitative estimate of drug-likeness (QED) is 0.421. The second kappa shape index (κ2) is 9.95. The van der Waals surface area contributed by atoms with E-state index >= 15 is 0 Å². The maximum atomic E-state index is 12.3. The number of nitrogens with one attached hydrogen (secondary N) is 2. The number of hydrogen-bond donors (Lipinski definition) is 2. The van der Waals surface area contributed by atoms with Crippen LogP contribution < -0.4 is 15.4 Å². The van der Waals surface area contributed by atoms with Crippen molar-refractivity contribution in [3.8, 4) is 5.75 Å². The van der Waals surface area contributed by atoms with Crippen LogP contribution in [-0.4, -0.2) is 66.4 Å². The number of rotatable bonds is 7. The molecule has 0 spiro atoms. The van der Waals surface area contributed by atoms with Crippen LogP contribution in [0.4, 0.5) is 0 Å². The van der Waals surface area contributed by atoms with Crippen molar-refractivity contribution in [2.75, 3.05) is 39.8 Å². The van der Waals surface area contributed by atoms with Gasteiger partial charge in [0.2, 0.25) is 0 Å².